The summed E-state index contributed by atoms with van der Waals surface area (Å²) >= 11 is 0. The second-order valence-corrected chi connectivity index (χ2v) is 7.57. The summed E-state index contributed by atoms with van der Waals surface area (Å²) in [5, 5.41) is 0. The first kappa shape index (κ1) is 16.4. The van der Waals surface area contributed by atoms with Crippen molar-refractivity contribution in [3.8, 4) is 11.3 Å². The minimum atomic E-state index is 0.293. The molecule has 2 aliphatic rings. The van der Waals surface area contributed by atoms with Gasteiger partial charge in [-0.05, 0) is 36.8 Å². The van der Waals surface area contributed by atoms with E-state index in [1.165, 1.54) is 32.1 Å². The van der Waals surface area contributed by atoms with Crippen LogP contribution in [0.5, 0.6) is 0 Å². The zero-order valence-corrected chi connectivity index (χ0v) is 14.8. The Morgan fingerprint density at radius 3 is 2.64 bits per heavy atom. The molecule has 1 amide bonds. The summed E-state index contributed by atoms with van der Waals surface area (Å²) in [6, 6.07) is 14.1. The molecule has 2 heterocycles. The molecule has 132 valence electrons. The maximum absolute atomic E-state index is 12.6. The molecule has 4 rings (SSSR count). The highest BCUT2D eigenvalue weighted by atomic mass is 16.3. The maximum atomic E-state index is 12.6. The molecule has 2 aromatic rings. The Balaban J connectivity index is 1.31. The number of nitrogens with zero attached hydrogens (tertiary/aromatic N) is 1. The van der Waals surface area contributed by atoms with Gasteiger partial charge in [0, 0.05) is 31.5 Å². The van der Waals surface area contributed by atoms with Crippen LogP contribution < -0.4 is 0 Å². The van der Waals surface area contributed by atoms with Gasteiger partial charge >= 0.3 is 0 Å². The van der Waals surface area contributed by atoms with Crippen molar-refractivity contribution in [3.63, 3.8) is 0 Å². The van der Waals surface area contributed by atoms with Crippen LogP contribution >= 0.6 is 0 Å². The van der Waals surface area contributed by atoms with Gasteiger partial charge in [-0.15, -0.1) is 0 Å². The minimum absolute atomic E-state index is 0.293. The monoisotopic (exact) mass is 337 g/mol. The average Bonchev–Trinajstić information content (AvgIpc) is 3.15. The van der Waals surface area contributed by atoms with Gasteiger partial charge in [-0.3, -0.25) is 4.79 Å². The number of amides is 1. The molecule has 2 fully saturated rings. The van der Waals surface area contributed by atoms with E-state index in [4.69, 9.17) is 4.42 Å². The van der Waals surface area contributed by atoms with Crippen molar-refractivity contribution >= 4 is 5.91 Å². The highest BCUT2D eigenvalue weighted by Gasteiger charge is 2.32. The number of piperidine rings is 1. The standard InChI is InChI=1S/C22H27NO2/c24-22(23-15-14-17-6-4-5-9-19(17)16-23)13-11-20-10-12-21(25-20)18-7-2-1-3-8-18/h1-3,7-8,10,12,17,19H,4-6,9,11,13-16H2/t17-,19-/m1/s1. The lowest BCUT2D eigenvalue weighted by Gasteiger charge is -2.41. The molecule has 1 saturated heterocycles. The van der Waals surface area contributed by atoms with Crippen LogP contribution in [-0.4, -0.2) is 23.9 Å². The fourth-order valence-electron chi connectivity index (χ4n) is 4.49. The number of benzene rings is 1. The lowest BCUT2D eigenvalue weighted by Crippen LogP contribution is -2.44. The number of furan rings is 1. The van der Waals surface area contributed by atoms with Crippen molar-refractivity contribution in [3.05, 3.63) is 48.2 Å². The quantitative estimate of drug-likeness (QED) is 0.793. The Morgan fingerprint density at radius 1 is 1.00 bits per heavy atom. The van der Waals surface area contributed by atoms with Gasteiger partial charge in [0.1, 0.15) is 11.5 Å². The number of hydrogen-bond acceptors (Lipinski definition) is 2. The number of rotatable bonds is 4. The number of hydrogen-bond donors (Lipinski definition) is 0. The van der Waals surface area contributed by atoms with Gasteiger partial charge in [0.2, 0.25) is 5.91 Å². The van der Waals surface area contributed by atoms with Crippen molar-refractivity contribution in [1.29, 1.82) is 0 Å². The van der Waals surface area contributed by atoms with Crippen molar-refractivity contribution < 1.29 is 9.21 Å². The molecule has 3 heteroatoms. The zero-order valence-electron chi connectivity index (χ0n) is 14.8. The first-order valence-electron chi connectivity index (χ1n) is 9.71. The maximum Gasteiger partial charge on any atom is 0.223 e. The highest BCUT2D eigenvalue weighted by Crippen LogP contribution is 2.36. The number of aryl methyl sites for hydroxylation is 1. The fourth-order valence-corrected chi connectivity index (χ4v) is 4.49. The number of carbonyl (C=O) groups excluding carboxylic acids is 1. The zero-order chi connectivity index (χ0) is 17.1. The Hall–Kier alpha value is -2.03. The molecule has 0 spiro atoms. The first-order chi connectivity index (χ1) is 12.3. The summed E-state index contributed by atoms with van der Waals surface area (Å²) in [4.78, 5) is 14.7. The molecule has 1 aromatic carbocycles. The normalized spacial score (nSPS) is 23.3. The van der Waals surface area contributed by atoms with Gasteiger partial charge in [0.15, 0.2) is 0 Å². The van der Waals surface area contributed by atoms with Crippen LogP contribution in [-0.2, 0) is 11.2 Å². The highest BCUT2D eigenvalue weighted by molar-refractivity contribution is 5.76. The molecule has 25 heavy (non-hydrogen) atoms. The van der Waals surface area contributed by atoms with Gasteiger partial charge in [0.05, 0.1) is 0 Å². The summed E-state index contributed by atoms with van der Waals surface area (Å²) in [7, 11) is 0. The van der Waals surface area contributed by atoms with Crippen LogP contribution in [0.15, 0.2) is 46.9 Å². The average molecular weight is 337 g/mol. The van der Waals surface area contributed by atoms with Gasteiger partial charge in [0.25, 0.3) is 0 Å². The third-order valence-corrected chi connectivity index (χ3v) is 5.95. The van der Waals surface area contributed by atoms with E-state index in [2.05, 4.69) is 4.90 Å². The van der Waals surface area contributed by atoms with Crippen LogP contribution in [0, 0.1) is 11.8 Å². The summed E-state index contributed by atoms with van der Waals surface area (Å²) in [5.41, 5.74) is 1.08. The van der Waals surface area contributed by atoms with Crippen LogP contribution in [0.4, 0.5) is 0 Å². The molecular formula is C22H27NO2. The fraction of sp³-hybridized carbons (Fsp3) is 0.500. The number of likely N-dealkylation sites (tertiary alicyclic amines) is 1. The molecule has 3 nitrogen and oxygen atoms in total. The van der Waals surface area contributed by atoms with E-state index in [1.54, 1.807) is 0 Å². The smallest absolute Gasteiger partial charge is 0.223 e. The minimum Gasteiger partial charge on any atom is -0.461 e. The van der Waals surface area contributed by atoms with Crippen LogP contribution in [0.25, 0.3) is 11.3 Å². The SMILES string of the molecule is O=C(CCc1ccc(-c2ccccc2)o1)N1CC[C@H]2CCCC[C@@H]2C1. The van der Waals surface area contributed by atoms with Gasteiger partial charge in [-0.2, -0.15) is 0 Å². The predicted octanol–water partition coefficient (Wildman–Crippen LogP) is 4.92. The van der Waals surface area contributed by atoms with E-state index in [0.717, 1.165) is 42.0 Å². The van der Waals surface area contributed by atoms with Crippen molar-refractivity contribution in [2.75, 3.05) is 13.1 Å². The lowest BCUT2D eigenvalue weighted by atomic mass is 9.75. The van der Waals surface area contributed by atoms with E-state index < -0.39 is 0 Å². The molecule has 0 unspecified atom stereocenters. The van der Waals surface area contributed by atoms with Gasteiger partial charge in [-0.25, -0.2) is 0 Å². The summed E-state index contributed by atoms with van der Waals surface area (Å²) in [6.07, 6.45) is 7.87. The Morgan fingerprint density at radius 2 is 1.80 bits per heavy atom. The van der Waals surface area contributed by atoms with E-state index >= 15 is 0 Å². The number of fused-ring (bicyclic) bond motifs is 1. The number of carbonyl (C=O) groups is 1. The molecular weight excluding hydrogens is 310 g/mol. The van der Waals surface area contributed by atoms with Crippen LogP contribution in [0.1, 0.15) is 44.3 Å². The molecule has 0 radical (unpaired) electrons. The van der Waals surface area contributed by atoms with Crippen molar-refractivity contribution in [1.82, 2.24) is 4.90 Å². The van der Waals surface area contributed by atoms with E-state index in [1.807, 2.05) is 42.5 Å². The second kappa shape index (κ2) is 7.47. The third-order valence-electron chi connectivity index (χ3n) is 5.95. The second-order valence-electron chi connectivity index (χ2n) is 7.57. The van der Waals surface area contributed by atoms with E-state index in [9.17, 15) is 4.79 Å². The van der Waals surface area contributed by atoms with Crippen molar-refractivity contribution in [2.24, 2.45) is 11.8 Å². The molecule has 1 aliphatic carbocycles. The molecule has 1 aliphatic heterocycles. The summed E-state index contributed by atoms with van der Waals surface area (Å²) in [5.74, 6) is 3.70. The van der Waals surface area contributed by atoms with E-state index in [0.29, 0.717) is 18.7 Å². The summed E-state index contributed by atoms with van der Waals surface area (Å²) in [6.45, 7) is 1.93. The third kappa shape index (κ3) is 3.81. The van der Waals surface area contributed by atoms with Crippen LogP contribution in [0.2, 0.25) is 0 Å². The Labute approximate surface area is 150 Å². The topological polar surface area (TPSA) is 33.5 Å². The first-order valence-corrected chi connectivity index (χ1v) is 9.71. The largest absolute Gasteiger partial charge is 0.461 e. The molecule has 2 atom stereocenters. The van der Waals surface area contributed by atoms with Gasteiger partial charge < -0.3 is 9.32 Å². The summed E-state index contributed by atoms with van der Waals surface area (Å²) < 4.78 is 5.92. The van der Waals surface area contributed by atoms with E-state index in [-0.39, 0.29) is 0 Å². The molecule has 0 N–H and O–H groups in total. The van der Waals surface area contributed by atoms with Crippen LogP contribution in [0.3, 0.4) is 0 Å². The van der Waals surface area contributed by atoms with Gasteiger partial charge in [-0.1, -0.05) is 49.6 Å². The molecule has 1 saturated carbocycles. The Kier molecular flexibility index (Phi) is 4.91. The molecule has 0 bridgehead atoms. The molecule has 1 aromatic heterocycles. The Bertz CT molecular complexity index is 706. The predicted molar refractivity (Wildman–Crippen MR) is 99.1 cm³/mol. The lowest BCUT2D eigenvalue weighted by molar-refractivity contribution is -0.134. The van der Waals surface area contributed by atoms with Crippen molar-refractivity contribution in [2.45, 2.75) is 44.9 Å².